The highest BCUT2D eigenvalue weighted by Crippen LogP contribution is 2.33. The van der Waals surface area contributed by atoms with Gasteiger partial charge in [0.15, 0.2) is 0 Å². The van der Waals surface area contributed by atoms with Gasteiger partial charge in [-0.3, -0.25) is 9.69 Å². The van der Waals surface area contributed by atoms with Crippen molar-refractivity contribution in [3.05, 3.63) is 16.1 Å². The van der Waals surface area contributed by atoms with Gasteiger partial charge in [-0.25, -0.2) is 4.98 Å². The molecule has 23 heavy (non-hydrogen) atoms. The molecule has 7 heteroatoms. The Labute approximate surface area is 145 Å². The molecule has 5 nitrogen and oxygen atoms in total. The number of hydrogen-bond donors (Lipinski definition) is 2. The predicted octanol–water partition coefficient (Wildman–Crippen LogP) is 2.42. The third-order valence-electron chi connectivity index (χ3n) is 4.59. The van der Waals surface area contributed by atoms with E-state index in [0.717, 1.165) is 42.6 Å². The number of aliphatic carboxylic acids is 1. The molecule has 1 aromatic rings. The molecule has 0 spiro atoms. The maximum Gasteiger partial charge on any atom is 0.317 e. The lowest BCUT2D eigenvalue weighted by atomic mass is 9.85. The number of nitrogens with one attached hydrogen (secondary N) is 1. The lowest BCUT2D eigenvalue weighted by molar-refractivity contribution is -0.139. The summed E-state index contributed by atoms with van der Waals surface area (Å²) in [6.07, 6.45) is 8.74. The Kier molecular flexibility index (Phi) is 5.96. The van der Waals surface area contributed by atoms with Crippen LogP contribution in [-0.2, 0) is 17.1 Å². The monoisotopic (exact) mass is 355 g/mol. The molecule has 2 N–H and O–H groups in total. The molecular weight excluding hydrogens is 330 g/mol. The van der Waals surface area contributed by atoms with E-state index in [1.165, 1.54) is 17.7 Å². The Morgan fingerprint density at radius 3 is 2.96 bits per heavy atom. The number of rotatable bonds is 10. The number of carboxylic acids is 1. The number of thiazole rings is 1. The minimum Gasteiger partial charge on any atom is -0.480 e. The van der Waals surface area contributed by atoms with Crippen LogP contribution in [0.25, 0.3) is 0 Å². The van der Waals surface area contributed by atoms with Crippen molar-refractivity contribution in [2.45, 2.75) is 50.1 Å². The lowest BCUT2D eigenvalue weighted by Gasteiger charge is -2.42. The summed E-state index contributed by atoms with van der Waals surface area (Å²) in [6, 6.07) is 0.941. The molecule has 0 amide bonds. The summed E-state index contributed by atoms with van der Waals surface area (Å²) in [5.41, 5.74) is 0. The number of thioether (sulfide) groups is 1. The van der Waals surface area contributed by atoms with Crippen molar-refractivity contribution < 1.29 is 9.90 Å². The first-order valence-electron chi connectivity index (χ1n) is 8.25. The third kappa shape index (κ3) is 5.17. The first-order chi connectivity index (χ1) is 11.1. The second kappa shape index (κ2) is 7.96. The molecule has 0 atom stereocenters. The minimum absolute atomic E-state index is 0.193. The number of hydrogen-bond acceptors (Lipinski definition) is 6. The van der Waals surface area contributed by atoms with Crippen molar-refractivity contribution in [1.82, 2.24) is 15.2 Å². The van der Waals surface area contributed by atoms with Gasteiger partial charge in [0.1, 0.15) is 5.01 Å². The van der Waals surface area contributed by atoms with Crippen LogP contribution in [0.5, 0.6) is 0 Å². The van der Waals surface area contributed by atoms with Gasteiger partial charge in [0.05, 0.1) is 6.54 Å². The molecular formula is C16H25N3O2S2. The predicted molar refractivity (Wildman–Crippen MR) is 94.9 cm³/mol. The van der Waals surface area contributed by atoms with Crippen molar-refractivity contribution in [2.75, 3.05) is 19.3 Å². The Bertz CT molecular complexity index is 527. The van der Waals surface area contributed by atoms with E-state index in [2.05, 4.69) is 21.5 Å². The Morgan fingerprint density at radius 2 is 2.30 bits per heavy atom. The van der Waals surface area contributed by atoms with E-state index in [1.807, 2.05) is 18.0 Å². The number of nitrogens with zero attached hydrogens (tertiary/aromatic N) is 2. The fourth-order valence-electron chi connectivity index (χ4n) is 3.07. The van der Waals surface area contributed by atoms with E-state index < -0.39 is 5.97 Å². The molecule has 1 heterocycles. The fraction of sp³-hybridized carbons (Fsp3) is 0.750. The standard InChI is InChI=1S/C16H25N3O2S2/c1-22-10-14-6-18-15(23-14)7-17-12-4-13(5-12)19(9-16(20)21)8-11-2-3-11/h6,11-13,17H,2-5,7-10H2,1H3,(H,20,21). The van der Waals surface area contributed by atoms with Gasteiger partial charge in [0, 0.05) is 42.0 Å². The second-order valence-corrected chi connectivity index (χ2v) is 8.69. The van der Waals surface area contributed by atoms with Crippen LogP contribution in [0, 0.1) is 5.92 Å². The molecule has 1 aromatic heterocycles. The van der Waals surface area contributed by atoms with Gasteiger partial charge in [0.2, 0.25) is 0 Å². The summed E-state index contributed by atoms with van der Waals surface area (Å²) in [7, 11) is 0. The zero-order chi connectivity index (χ0) is 16.2. The van der Waals surface area contributed by atoms with Crippen LogP contribution < -0.4 is 5.32 Å². The molecule has 3 rings (SSSR count). The van der Waals surface area contributed by atoms with Crippen LogP contribution in [0.4, 0.5) is 0 Å². The molecule has 0 unspecified atom stereocenters. The summed E-state index contributed by atoms with van der Waals surface area (Å²) in [5.74, 6) is 1.08. The van der Waals surface area contributed by atoms with Crippen molar-refractivity contribution in [3.63, 3.8) is 0 Å². The van der Waals surface area contributed by atoms with Crippen molar-refractivity contribution >= 4 is 29.1 Å². The van der Waals surface area contributed by atoms with Crippen molar-refractivity contribution in [1.29, 1.82) is 0 Å². The molecule has 2 fully saturated rings. The molecule has 2 aliphatic rings. The maximum absolute atomic E-state index is 11.0. The minimum atomic E-state index is -0.703. The van der Waals surface area contributed by atoms with Crippen molar-refractivity contribution in [3.8, 4) is 0 Å². The first-order valence-corrected chi connectivity index (χ1v) is 10.5. The molecule has 0 aromatic carbocycles. The van der Waals surface area contributed by atoms with E-state index in [1.54, 1.807) is 11.3 Å². The number of aromatic nitrogens is 1. The molecule has 0 radical (unpaired) electrons. The van der Waals surface area contributed by atoms with Crippen LogP contribution in [0.15, 0.2) is 6.20 Å². The number of carboxylic acid groups (broad SMARTS) is 1. The summed E-state index contributed by atoms with van der Waals surface area (Å²) >= 11 is 3.61. The van der Waals surface area contributed by atoms with E-state index in [-0.39, 0.29) is 6.54 Å². The Hall–Kier alpha value is -0.630. The first kappa shape index (κ1) is 17.2. The average Bonchev–Trinajstić information content (AvgIpc) is 3.15. The summed E-state index contributed by atoms with van der Waals surface area (Å²) < 4.78 is 0. The van der Waals surface area contributed by atoms with Crippen LogP contribution in [0.3, 0.4) is 0 Å². The van der Waals surface area contributed by atoms with Gasteiger partial charge in [-0.15, -0.1) is 11.3 Å². The zero-order valence-electron chi connectivity index (χ0n) is 13.5. The highest BCUT2D eigenvalue weighted by atomic mass is 32.2. The highest BCUT2D eigenvalue weighted by Gasteiger charge is 2.36. The van der Waals surface area contributed by atoms with E-state index in [9.17, 15) is 4.79 Å². The van der Waals surface area contributed by atoms with E-state index in [4.69, 9.17) is 5.11 Å². The third-order valence-corrected chi connectivity index (χ3v) is 6.37. The summed E-state index contributed by atoms with van der Waals surface area (Å²) in [4.78, 5) is 19.0. The molecule has 2 aliphatic carbocycles. The molecule has 128 valence electrons. The quantitative estimate of drug-likeness (QED) is 0.672. The van der Waals surface area contributed by atoms with Gasteiger partial charge >= 0.3 is 5.97 Å². The Balaban J connectivity index is 1.39. The molecule has 0 bridgehead atoms. The molecule has 2 saturated carbocycles. The largest absolute Gasteiger partial charge is 0.480 e. The highest BCUT2D eigenvalue weighted by molar-refractivity contribution is 7.97. The number of carbonyl (C=O) groups is 1. The topological polar surface area (TPSA) is 65.5 Å². The lowest BCUT2D eigenvalue weighted by Crippen LogP contribution is -2.54. The maximum atomic E-state index is 11.0. The van der Waals surface area contributed by atoms with Crippen LogP contribution in [-0.4, -0.2) is 52.4 Å². The van der Waals surface area contributed by atoms with E-state index >= 15 is 0 Å². The van der Waals surface area contributed by atoms with Gasteiger partial charge in [-0.1, -0.05) is 0 Å². The van der Waals surface area contributed by atoms with Crippen molar-refractivity contribution in [2.24, 2.45) is 5.92 Å². The van der Waals surface area contributed by atoms with E-state index in [0.29, 0.717) is 12.1 Å². The Morgan fingerprint density at radius 1 is 1.52 bits per heavy atom. The van der Waals surface area contributed by atoms with Crippen LogP contribution in [0.2, 0.25) is 0 Å². The van der Waals surface area contributed by atoms with Gasteiger partial charge in [-0.05, 0) is 37.9 Å². The summed E-state index contributed by atoms with van der Waals surface area (Å²) in [6.45, 7) is 1.99. The van der Waals surface area contributed by atoms with Gasteiger partial charge in [-0.2, -0.15) is 11.8 Å². The normalized spacial score (nSPS) is 23.9. The smallest absolute Gasteiger partial charge is 0.317 e. The van der Waals surface area contributed by atoms with Crippen LogP contribution in [0.1, 0.15) is 35.6 Å². The van der Waals surface area contributed by atoms with Crippen LogP contribution >= 0.6 is 23.1 Å². The zero-order valence-corrected chi connectivity index (χ0v) is 15.2. The second-order valence-electron chi connectivity index (χ2n) is 6.62. The van der Waals surface area contributed by atoms with Gasteiger partial charge in [0.25, 0.3) is 0 Å². The average molecular weight is 356 g/mol. The summed E-state index contributed by atoms with van der Waals surface area (Å²) in [5, 5.41) is 13.8. The SMILES string of the molecule is CSCc1cnc(CNC2CC(N(CC(=O)O)CC3CC3)C2)s1. The van der Waals surface area contributed by atoms with Gasteiger partial charge < -0.3 is 10.4 Å². The molecule has 0 aliphatic heterocycles. The molecule has 0 saturated heterocycles. The fourth-order valence-corrected chi connectivity index (χ4v) is 4.69.